The molecule has 2 aromatic carbocycles. The number of carbonyl (C=O) groups excluding carboxylic acids is 7. The van der Waals surface area contributed by atoms with E-state index in [-0.39, 0.29) is 69.7 Å². The summed E-state index contributed by atoms with van der Waals surface area (Å²) in [6.45, 7) is 3.66. The Kier molecular flexibility index (Phi) is 20.9. The third-order valence-corrected chi connectivity index (χ3v) is 11.5. The number of primary amides is 1. The summed E-state index contributed by atoms with van der Waals surface area (Å²) in [6.07, 6.45) is 3.40. The molecular formula is C46H65N13O10. The number of likely N-dealkylation sites (N-methyl/N-ethyl adjacent to an activating group) is 1. The first kappa shape index (κ1) is 54.0. The molecule has 2 heterocycles. The molecule has 23 nitrogen and oxygen atoms in total. The average Bonchev–Trinajstić information content (AvgIpc) is 4.02. The van der Waals surface area contributed by atoms with Gasteiger partial charge in [-0.2, -0.15) is 0 Å². The van der Waals surface area contributed by atoms with Gasteiger partial charge in [-0.3, -0.25) is 43.3 Å². The number of nitrogens with two attached hydrogens (primary N) is 3. The molecule has 0 radical (unpaired) electrons. The normalized spacial score (nSPS) is 15.9. The number of nitrogens with zero attached hydrogens (tertiary/aromatic N) is 3. The van der Waals surface area contributed by atoms with Crippen LogP contribution in [0.1, 0.15) is 69.2 Å². The third-order valence-electron chi connectivity index (χ3n) is 11.5. The molecule has 7 atom stereocenters. The largest absolute Gasteiger partial charge is 0.508 e. The number of imidazole rings is 1. The number of phenols is 1. The molecule has 3 aromatic rings. The van der Waals surface area contributed by atoms with E-state index >= 15 is 0 Å². The van der Waals surface area contributed by atoms with Gasteiger partial charge >= 0.3 is 5.97 Å². The van der Waals surface area contributed by atoms with Gasteiger partial charge in [-0.05, 0) is 68.3 Å². The van der Waals surface area contributed by atoms with E-state index in [4.69, 9.17) is 17.2 Å². The van der Waals surface area contributed by atoms with Crippen molar-refractivity contribution in [2.45, 2.75) is 114 Å². The van der Waals surface area contributed by atoms with Crippen molar-refractivity contribution >= 4 is 53.3 Å². The third kappa shape index (κ3) is 17.2. The number of carbonyl (C=O) groups is 8. The Balaban J connectivity index is 1.63. The Bertz CT molecular complexity index is 2240. The first-order valence-corrected chi connectivity index (χ1v) is 22.7. The van der Waals surface area contributed by atoms with Gasteiger partial charge in [0.25, 0.3) is 0 Å². The number of aromatic hydroxyl groups is 1. The summed E-state index contributed by atoms with van der Waals surface area (Å²) < 4.78 is 0. The number of rotatable bonds is 27. The molecule has 1 fully saturated rings. The van der Waals surface area contributed by atoms with Gasteiger partial charge in [-0.1, -0.05) is 56.3 Å². The first-order valence-electron chi connectivity index (χ1n) is 22.7. The average molecular weight is 960 g/mol. The maximum absolute atomic E-state index is 14.6. The van der Waals surface area contributed by atoms with Crippen LogP contribution in [0.25, 0.3) is 0 Å². The van der Waals surface area contributed by atoms with Crippen LogP contribution >= 0.6 is 0 Å². The van der Waals surface area contributed by atoms with Gasteiger partial charge in [-0.25, -0.2) is 4.98 Å². The van der Waals surface area contributed by atoms with Gasteiger partial charge in [0.2, 0.25) is 41.4 Å². The minimum atomic E-state index is -1.39. The number of H-pyrrole nitrogens is 1. The van der Waals surface area contributed by atoms with E-state index < -0.39 is 95.5 Å². The standard InChI is InChI=1S/C46H65N13O10/c1-26(2)38(58-41(65)32(11-7-19-52-46(48)49)54-40(64)31(50-3)17-18-37(61)62)44(68)56-34(22-28-13-15-30(60)16-14-28)42(66)55-33(21-27-9-5-4-6-10-27)43(67)57-35(23-29-24-51-25-53-29)45(69)59-20-8-12-36(59)39(47)63/h4-6,9-10,13-16,24-26,31-36,38,50,60H,7-8,11-12,17-23H2,1-3H3,(H2,47,63)(H,51,53)(H,54,64)(H,55,66)(H,56,68)(H,57,67)(H,58,65)(H,61,62)(H4,48,49,52)/t31-,32-,33-,34-,35-,36-,38-/m0/s1. The van der Waals surface area contributed by atoms with E-state index in [1.807, 2.05) is 0 Å². The number of benzene rings is 2. The number of likely N-dealkylation sites (tertiary alicyclic amines) is 1. The van der Waals surface area contributed by atoms with Crippen molar-refractivity contribution in [3.05, 3.63) is 83.9 Å². The number of aromatic amines is 1. The van der Waals surface area contributed by atoms with E-state index in [0.29, 0.717) is 29.7 Å². The summed E-state index contributed by atoms with van der Waals surface area (Å²) in [4.78, 5) is 121. The molecule has 0 spiro atoms. The van der Waals surface area contributed by atoms with Gasteiger partial charge in [-0.15, -0.1) is 0 Å². The van der Waals surface area contributed by atoms with E-state index in [1.54, 1.807) is 56.3 Å². The van der Waals surface area contributed by atoms with E-state index in [1.165, 1.54) is 36.6 Å². The van der Waals surface area contributed by atoms with Crippen LogP contribution in [0.4, 0.5) is 0 Å². The van der Waals surface area contributed by atoms with E-state index in [2.05, 4.69) is 46.9 Å². The lowest BCUT2D eigenvalue weighted by molar-refractivity contribution is -0.141. The Morgan fingerprint density at radius 2 is 1.33 bits per heavy atom. The molecule has 7 amide bonds. The van der Waals surface area contributed by atoms with Crippen molar-refractivity contribution in [1.82, 2.24) is 46.8 Å². The molecular weight excluding hydrogens is 895 g/mol. The molecule has 0 unspecified atom stereocenters. The number of phenolic OH excluding ortho intramolecular Hbond substituents is 1. The number of guanidine groups is 1. The lowest BCUT2D eigenvalue weighted by atomic mass is 9.99. The second-order valence-electron chi connectivity index (χ2n) is 17.1. The highest BCUT2D eigenvalue weighted by molar-refractivity contribution is 5.97. The number of aliphatic carboxylic acids is 1. The topological polar surface area (TPSA) is 372 Å². The van der Waals surface area contributed by atoms with Crippen molar-refractivity contribution in [3.8, 4) is 5.75 Å². The van der Waals surface area contributed by atoms with Crippen molar-refractivity contribution in [3.63, 3.8) is 0 Å². The maximum Gasteiger partial charge on any atom is 0.303 e. The fourth-order valence-electron chi connectivity index (χ4n) is 7.79. The molecule has 1 aliphatic heterocycles. The zero-order valence-electron chi connectivity index (χ0n) is 39.0. The summed E-state index contributed by atoms with van der Waals surface area (Å²) in [5, 5.41) is 35.6. The zero-order valence-corrected chi connectivity index (χ0v) is 39.0. The van der Waals surface area contributed by atoms with Gasteiger partial charge in [0, 0.05) is 50.7 Å². The summed E-state index contributed by atoms with van der Waals surface area (Å²) in [5.41, 5.74) is 18.2. The van der Waals surface area contributed by atoms with Crippen molar-refractivity contribution < 1.29 is 48.6 Å². The number of amides is 7. The number of aromatic nitrogens is 2. The van der Waals surface area contributed by atoms with Crippen LogP contribution in [0.5, 0.6) is 5.75 Å². The molecule has 374 valence electrons. The number of hydrogen-bond donors (Lipinski definition) is 12. The van der Waals surface area contributed by atoms with Gasteiger partial charge in [0.1, 0.15) is 42.0 Å². The van der Waals surface area contributed by atoms with Gasteiger partial charge in [0.15, 0.2) is 5.96 Å². The van der Waals surface area contributed by atoms with Crippen LogP contribution in [0, 0.1) is 5.92 Å². The molecule has 4 rings (SSSR count). The molecule has 15 N–H and O–H groups in total. The van der Waals surface area contributed by atoms with E-state index in [9.17, 15) is 48.6 Å². The summed E-state index contributed by atoms with van der Waals surface area (Å²) in [7, 11) is 1.47. The Hall–Kier alpha value is -7.56. The van der Waals surface area contributed by atoms with Crippen LogP contribution in [0.3, 0.4) is 0 Å². The maximum atomic E-state index is 14.6. The highest BCUT2D eigenvalue weighted by atomic mass is 16.4. The highest BCUT2D eigenvalue weighted by Crippen LogP contribution is 2.20. The van der Waals surface area contributed by atoms with Gasteiger partial charge < -0.3 is 69.2 Å². The number of aliphatic imine (C=N–C) groups is 1. The van der Waals surface area contributed by atoms with Crippen molar-refractivity contribution in [1.29, 1.82) is 0 Å². The minimum Gasteiger partial charge on any atom is -0.508 e. The second-order valence-corrected chi connectivity index (χ2v) is 17.1. The molecule has 0 saturated carbocycles. The first-order chi connectivity index (χ1) is 32.9. The summed E-state index contributed by atoms with van der Waals surface area (Å²) in [6, 6.07) is 6.37. The Morgan fingerprint density at radius 3 is 1.90 bits per heavy atom. The lowest BCUT2D eigenvalue weighted by Crippen LogP contribution is -2.61. The van der Waals surface area contributed by atoms with Crippen molar-refractivity contribution in [2.75, 3.05) is 20.1 Å². The Labute approximate surface area is 399 Å². The summed E-state index contributed by atoms with van der Waals surface area (Å²) in [5.74, 6) is -6.94. The molecule has 1 aliphatic rings. The van der Waals surface area contributed by atoms with Crippen LogP contribution in [-0.2, 0) is 57.6 Å². The molecule has 0 bridgehead atoms. The minimum absolute atomic E-state index is 0.0189. The van der Waals surface area contributed by atoms with Crippen LogP contribution in [-0.4, -0.2) is 141 Å². The molecule has 23 heteroatoms. The number of hydrogen-bond acceptors (Lipinski definition) is 12. The van der Waals surface area contributed by atoms with Crippen LogP contribution in [0.2, 0.25) is 0 Å². The molecule has 1 aromatic heterocycles. The van der Waals surface area contributed by atoms with E-state index in [0.717, 1.165) is 0 Å². The zero-order chi connectivity index (χ0) is 50.6. The van der Waals surface area contributed by atoms with Crippen molar-refractivity contribution in [2.24, 2.45) is 28.1 Å². The molecule has 0 aliphatic carbocycles. The lowest BCUT2D eigenvalue weighted by Gasteiger charge is -2.30. The van der Waals surface area contributed by atoms with Crippen LogP contribution in [0.15, 0.2) is 72.1 Å². The predicted molar refractivity (Wildman–Crippen MR) is 252 cm³/mol. The predicted octanol–water partition coefficient (Wildman–Crippen LogP) is -1.79. The smallest absolute Gasteiger partial charge is 0.303 e. The fraction of sp³-hybridized carbons (Fsp3) is 0.478. The monoisotopic (exact) mass is 959 g/mol. The van der Waals surface area contributed by atoms with Gasteiger partial charge in [0.05, 0.1) is 12.4 Å². The quantitative estimate of drug-likeness (QED) is 0.0228. The molecule has 69 heavy (non-hydrogen) atoms. The van der Waals surface area contributed by atoms with Crippen LogP contribution < -0.4 is 49.1 Å². The highest BCUT2D eigenvalue weighted by Gasteiger charge is 2.39. The summed E-state index contributed by atoms with van der Waals surface area (Å²) >= 11 is 0. The Morgan fingerprint density at radius 1 is 0.754 bits per heavy atom. The number of carboxylic acids is 1. The number of carboxylic acid groups (broad SMARTS) is 1. The molecule has 1 saturated heterocycles. The number of nitrogens with one attached hydrogen (secondary N) is 7. The SMILES string of the molecule is CN[C@@H](CCC(=O)O)C(=O)N[C@@H](CCCN=C(N)N)C(=O)N[C@H](C(=O)N[C@@H](Cc1ccc(O)cc1)C(=O)N[C@@H](Cc1ccccc1)C(=O)N[C@@H](Cc1cnc[nH]1)C(=O)N1CCC[C@H]1C(N)=O)C(C)C. The fourth-order valence-corrected chi connectivity index (χ4v) is 7.79. The second kappa shape index (κ2) is 26.7.